The van der Waals surface area contributed by atoms with Gasteiger partial charge in [-0.3, -0.25) is 9.11 Å². The highest BCUT2D eigenvalue weighted by molar-refractivity contribution is 8.41. The van der Waals surface area contributed by atoms with Crippen molar-refractivity contribution < 1.29 is 34.3 Å². The van der Waals surface area contributed by atoms with Crippen molar-refractivity contribution in [2.75, 3.05) is 11.5 Å². The average Bonchev–Trinajstić information content (AvgIpc) is 2.92. The lowest BCUT2D eigenvalue weighted by Gasteiger charge is -2.16. The van der Waals surface area contributed by atoms with E-state index >= 15 is 0 Å². The van der Waals surface area contributed by atoms with Crippen molar-refractivity contribution in [1.29, 1.82) is 0 Å². The van der Waals surface area contributed by atoms with Crippen molar-refractivity contribution >= 4 is 54.4 Å². The van der Waals surface area contributed by atoms with E-state index in [0.717, 1.165) is 11.5 Å². The molecule has 0 aromatic heterocycles. The smallest absolute Gasteiger partial charge is 0.357 e. The van der Waals surface area contributed by atoms with E-state index in [1.165, 1.54) is 35.7 Å². The van der Waals surface area contributed by atoms with Crippen LogP contribution in [0.1, 0.15) is 25.3 Å². The van der Waals surface area contributed by atoms with Crippen molar-refractivity contribution in [2.45, 2.75) is 19.8 Å². The fourth-order valence-electron chi connectivity index (χ4n) is 1.95. The van der Waals surface area contributed by atoms with Crippen LogP contribution in [0.25, 0.3) is 0 Å². The van der Waals surface area contributed by atoms with Crippen LogP contribution in [0.4, 0.5) is 5.69 Å². The molecule has 1 heterocycles. The normalized spacial score (nSPS) is 15.5. The molecule has 0 saturated carbocycles. The molecular weight excluding hydrogens is 414 g/mol. The first-order chi connectivity index (χ1) is 11.5. The molecule has 0 unspecified atom stereocenters. The Morgan fingerprint density at radius 3 is 2.00 bits per heavy atom. The quantitative estimate of drug-likeness (QED) is 0.648. The second kappa shape index (κ2) is 7.72. The van der Waals surface area contributed by atoms with E-state index in [9.17, 15) is 16.8 Å². The molecule has 13 heteroatoms. The topological polar surface area (TPSA) is 140 Å². The van der Waals surface area contributed by atoms with Crippen molar-refractivity contribution in [3.8, 4) is 11.5 Å². The van der Waals surface area contributed by atoms with Gasteiger partial charge in [-0.25, -0.2) is 4.99 Å². The fourth-order valence-corrected chi connectivity index (χ4v) is 4.88. The van der Waals surface area contributed by atoms with Crippen LogP contribution in [0.3, 0.4) is 0 Å². The van der Waals surface area contributed by atoms with E-state index in [-0.39, 0.29) is 17.2 Å². The van der Waals surface area contributed by atoms with Crippen molar-refractivity contribution in [3.63, 3.8) is 0 Å². The molecule has 1 aliphatic heterocycles. The molecule has 0 spiro atoms. The summed E-state index contributed by atoms with van der Waals surface area (Å²) in [6.07, 6.45) is 0. The first-order valence-electron chi connectivity index (χ1n) is 6.81. The summed E-state index contributed by atoms with van der Waals surface area (Å²) in [6, 6.07) is 2.89. The predicted octanol–water partition coefficient (Wildman–Crippen LogP) is 2.64. The number of rotatable bonds is 6. The van der Waals surface area contributed by atoms with Gasteiger partial charge < -0.3 is 8.37 Å². The number of nitrogens with zero attached hydrogens (tertiary/aromatic N) is 1. The number of hydrogen-bond acceptors (Lipinski definition) is 9. The van der Waals surface area contributed by atoms with Crippen LogP contribution in [0.15, 0.2) is 17.1 Å². The van der Waals surface area contributed by atoms with Crippen LogP contribution < -0.4 is 8.37 Å². The maximum Gasteiger partial charge on any atom is 0.446 e. The number of aliphatic imine (C=N–C) groups is 1. The Labute approximate surface area is 154 Å². The molecule has 1 aromatic carbocycles. The van der Waals surface area contributed by atoms with Crippen LogP contribution in [0.5, 0.6) is 11.5 Å². The van der Waals surface area contributed by atoms with Gasteiger partial charge in [0.15, 0.2) is 5.75 Å². The monoisotopic (exact) mass is 429 g/mol. The molecule has 9 nitrogen and oxygen atoms in total. The molecule has 1 fully saturated rings. The Morgan fingerprint density at radius 1 is 1.00 bits per heavy atom. The lowest BCUT2D eigenvalue weighted by molar-refractivity contribution is 0.359. The zero-order valence-electron chi connectivity index (χ0n) is 13.1. The number of hydrogen-bond donors (Lipinski definition) is 2. The Bertz CT molecular complexity index is 884. The van der Waals surface area contributed by atoms with Gasteiger partial charge in [0, 0.05) is 17.1 Å². The Morgan fingerprint density at radius 2 is 1.52 bits per heavy atom. The molecule has 0 atom stereocenters. The zero-order valence-corrected chi connectivity index (χ0v) is 16.3. The third-order valence-electron chi connectivity index (χ3n) is 2.87. The minimum atomic E-state index is -4.99. The molecule has 1 saturated heterocycles. The second-order valence-corrected chi connectivity index (χ2v) is 9.55. The minimum Gasteiger partial charge on any atom is -0.357 e. The summed E-state index contributed by atoms with van der Waals surface area (Å²) >= 11 is 2.86. The first-order valence-corrected chi connectivity index (χ1v) is 11.5. The Kier molecular flexibility index (Phi) is 6.27. The van der Waals surface area contributed by atoms with E-state index in [1.807, 2.05) is 0 Å². The Hall–Kier alpha value is -0.990. The van der Waals surface area contributed by atoms with Gasteiger partial charge in [0.1, 0.15) is 10.1 Å². The highest BCUT2D eigenvalue weighted by Crippen LogP contribution is 2.45. The Balaban J connectivity index is 2.71. The highest BCUT2D eigenvalue weighted by Gasteiger charge is 2.26. The summed E-state index contributed by atoms with van der Waals surface area (Å²) in [6.45, 7) is 3.38. The van der Waals surface area contributed by atoms with Crippen LogP contribution in [-0.4, -0.2) is 41.8 Å². The molecular formula is C12H15NO8S4. The van der Waals surface area contributed by atoms with Crippen molar-refractivity contribution in [2.24, 2.45) is 4.99 Å². The van der Waals surface area contributed by atoms with Gasteiger partial charge in [-0.2, -0.15) is 16.8 Å². The predicted molar refractivity (Wildman–Crippen MR) is 96.9 cm³/mol. The summed E-state index contributed by atoms with van der Waals surface area (Å²) in [5.74, 6) is 0.154. The van der Waals surface area contributed by atoms with Gasteiger partial charge in [-0.15, -0.1) is 0 Å². The van der Waals surface area contributed by atoms with Crippen LogP contribution in [-0.2, 0) is 20.8 Å². The van der Waals surface area contributed by atoms with E-state index in [1.54, 1.807) is 13.8 Å². The number of benzene rings is 1. The summed E-state index contributed by atoms with van der Waals surface area (Å²) < 4.78 is 72.4. The van der Waals surface area contributed by atoms with Gasteiger partial charge in [0.05, 0.1) is 0 Å². The standard InChI is InChI=1S/C12H15NO8S4/c1-7(2)8-3-4-9(13-12-22-5-6-23-12)11(21-25(17,18)19)10(8)20-24(14,15)16/h3-4,7H,5-6H2,1-2H3,(H,14,15,16)(H,17,18,19). The number of thioether (sulfide) groups is 2. The van der Waals surface area contributed by atoms with Crippen molar-refractivity contribution in [3.05, 3.63) is 17.7 Å². The molecule has 0 bridgehead atoms. The van der Waals surface area contributed by atoms with E-state index in [2.05, 4.69) is 13.4 Å². The third kappa shape index (κ3) is 6.04. The summed E-state index contributed by atoms with van der Waals surface area (Å²) in [4.78, 5) is 4.22. The molecule has 0 radical (unpaired) electrons. The van der Waals surface area contributed by atoms with E-state index < -0.39 is 32.3 Å². The zero-order chi connectivity index (χ0) is 18.8. The summed E-state index contributed by atoms with van der Waals surface area (Å²) in [5, 5.41) is 0. The summed E-state index contributed by atoms with van der Waals surface area (Å²) in [7, 11) is -9.96. The van der Waals surface area contributed by atoms with Crippen LogP contribution in [0.2, 0.25) is 0 Å². The largest absolute Gasteiger partial charge is 0.446 e. The first kappa shape index (κ1) is 20.3. The molecule has 2 rings (SSSR count). The SMILES string of the molecule is CC(C)c1ccc(N=C2SCCS2)c(OS(=O)(=O)O)c1OS(=O)(=O)O. The van der Waals surface area contributed by atoms with Crippen LogP contribution in [0, 0.1) is 0 Å². The van der Waals surface area contributed by atoms with Gasteiger partial charge in [0.2, 0.25) is 5.75 Å². The van der Waals surface area contributed by atoms with Crippen molar-refractivity contribution in [1.82, 2.24) is 0 Å². The molecule has 140 valence electrons. The molecule has 25 heavy (non-hydrogen) atoms. The van der Waals surface area contributed by atoms with E-state index in [0.29, 0.717) is 4.38 Å². The maximum atomic E-state index is 11.2. The third-order valence-corrected chi connectivity index (χ3v) is 6.08. The highest BCUT2D eigenvalue weighted by atomic mass is 32.3. The molecule has 1 aliphatic rings. The molecule has 0 amide bonds. The van der Waals surface area contributed by atoms with Crippen LogP contribution >= 0.6 is 23.5 Å². The molecule has 0 aliphatic carbocycles. The lowest BCUT2D eigenvalue weighted by Crippen LogP contribution is -2.13. The fraction of sp³-hybridized carbons (Fsp3) is 0.417. The molecule has 1 aromatic rings. The van der Waals surface area contributed by atoms with E-state index in [4.69, 9.17) is 9.11 Å². The molecule has 2 N–H and O–H groups in total. The average molecular weight is 430 g/mol. The minimum absolute atomic E-state index is 0.0578. The second-order valence-electron chi connectivity index (χ2n) is 5.08. The lowest BCUT2D eigenvalue weighted by atomic mass is 10.0. The summed E-state index contributed by atoms with van der Waals surface area (Å²) in [5.41, 5.74) is 0.185. The maximum absolute atomic E-state index is 11.2. The van der Waals surface area contributed by atoms with Gasteiger partial charge >= 0.3 is 20.8 Å². The van der Waals surface area contributed by atoms with Gasteiger partial charge in [-0.1, -0.05) is 43.4 Å². The van der Waals surface area contributed by atoms with Gasteiger partial charge in [0.25, 0.3) is 0 Å². The van der Waals surface area contributed by atoms with Gasteiger partial charge in [-0.05, 0) is 12.0 Å².